The molecule has 1 heterocycles. The summed E-state index contributed by atoms with van der Waals surface area (Å²) in [6.07, 6.45) is 1.63. The number of likely N-dealkylation sites (N-methyl/N-ethyl adjacent to an activating group) is 1. The van der Waals surface area contributed by atoms with Crippen molar-refractivity contribution in [2.45, 2.75) is 18.9 Å². The number of piperidine rings is 1. The van der Waals surface area contributed by atoms with Gasteiger partial charge < -0.3 is 10.2 Å². The highest BCUT2D eigenvalue weighted by Crippen LogP contribution is 2.18. The van der Waals surface area contributed by atoms with E-state index in [1.165, 1.54) is 12.1 Å². The molecular weight excluding hydrogens is 313 g/mol. The summed E-state index contributed by atoms with van der Waals surface area (Å²) in [5, 5.41) is 2.20. The third-order valence-electron chi connectivity index (χ3n) is 3.28. The number of hydrogen-bond donors (Lipinski definition) is 2. The molecule has 6 nitrogen and oxygen atoms in total. The fraction of sp³-hybridized carbons (Fsp3) is 0.429. The molecule has 1 unspecified atom stereocenters. The van der Waals surface area contributed by atoms with Gasteiger partial charge in [0.05, 0.1) is 11.1 Å². The van der Waals surface area contributed by atoms with Crippen molar-refractivity contribution < 1.29 is 18.8 Å². The normalized spacial score (nSPS) is 18.8. The van der Waals surface area contributed by atoms with Crippen LogP contribution in [0.15, 0.2) is 18.2 Å². The van der Waals surface area contributed by atoms with Crippen LogP contribution in [0.1, 0.15) is 12.8 Å². The van der Waals surface area contributed by atoms with Crippen molar-refractivity contribution in [2.24, 2.45) is 0 Å². The minimum atomic E-state index is -0.941. The number of carbonyl (C=O) groups excluding carboxylic acids is 2. The van der Waals surface area contributed by atoms with Gasteiger partial charge in [-0.15, -0.1) is 0 Å². The van der Waals surface area contributed by atoms with Gasteiger partial charge in [-0.05, 0) is 44.6 Å². The standard InChI is InChI=1S/C14H17ClFN3O3/c1-19-6-2-3-10(8-19)22-18-14(21)13(20)17-9-4-5-11(15)12(16)7-9/h4-5,7,10H,2-3,6,8H2,1H3,(H,17,20)(H,18,21). The van der Waals surface area contributed by atoms with Crippen LogP contribution in [0.2, 0.25) is 5.02 Å². The average Bonchev–Trinajstić information content (AvgIpc) is 2.48. The molecule has 1 aliphatic heterocycles. The third-order valence-corrected chi connectivity index (χ3v) is 3.59. The minimum Gasteiger partial charge on any atom is -0.318 e. The number of likely N-dealkylation sites (tertiary alicyclic amines) is 1. The van der Waals surface area contributed by atoms with Gasteiger partial charge in [-0.1, -0.05) is 11.6 Å². The lowest BCUT2D eigenvalue weighted by molar-refractivity contribution is -0.149. The highest BCUT2D eigenvalue weighted by molar-refractivity contribution is 6.39. The number of rotatable bonds is 3. The molecule has 0 saturated carbocycles. The fourth-order valence-corrected chi connectivity index (χ4v) is 2.28. The maximum Gasteiger partial charge on any atom is 0.333 e. The molecule has 1 aromatic rings. The molecule has 22 heavy (non-hydrogen) atoms. The summed E-state index contributed by atoms with van der Waals surface area (Å²) in [7, 11) is 1.96. The molecule has 0 spiro atoms. The Morgan fingerprint density at radius 3 is 2.86 bits per heavy atom. The van der Waals surface area contributed by atoms with Crippen molar-refractivity contribution in [1.29, 1.82) is 0 Å². The van der Waals surface area contributed by atoms with Gasteiger partial charge >= 0.3 is 11.8 Å². The molecule has 0 aliphatic carbocycles. The molecule has 120 valence electrons. The summed E-state index contributed by atoms with van der Waals surface area (Å²) < 4.78 is 13.2. The van der Waals surface area contributed by atoms with E-state index in [1.54, 1.807) is 0 Å². The van der Waals surface area contributed by atoms with Crippen LogP contribution in [0, 0.1) is 5.82 Å². The summed E-state index contributed by atoms with van der Waals surface area (Å²) in [5.41, 5.74) is 2.26. The van der Waals surface area contributed by atoms with E-state index >= 15 is 0 Å². The maximum absolute atomic E-state index is 13.2. The number of nitrogens with zero attached hydrogens (tertiary/aromatic N) is 1. The van der Waals surface area contributed by atoms with Crippen molar-refractivity contribution in [1.82, 2.24) is 10.4 Å². The fourth-order valence-electron chi connectivity index (χ4n) is 2.16. The van der Waals surface area contributed by atoms with E-state index in [9.17, 15) is 14.0 Å². The van der Waals surface area contributed by atoms with Gasteiger partial charge in [0.25, 0.3) is 0 Å². The first-order chi connectivity index (χ1) is 10.5. The first-order valence-corrected chi connectivity index (χ1v) is 7.24. The monoisotopic (exact) mass is 329 g/mol. The smallest absolute Gasteiger partial charge is 0.318 e. The minimum absolute atomic E-state index is 0.0628. The predicted octanol–water partition coefficient (Wildman–Crippen LogP) is 1.56. The van der Waals surface area contributed by atoms with Crippen LogP contribution in [-0.4, -0.2) is 43.0 Å². The lowest BCUT2D eigenvalue weighted by atomic mass is 10.1. The van der Waals surface area contributed by atoms with Crippen LogP contribution in [0.5, 0.6) is 0 Å². The number of benzene rings is 1. The Kier molecular flexibility index (Phi) is 5.70. The lowest BCUT2D eigenvalue weighted by Gasteiger charge is -2.28. The summed E-state index contributed by atoms with van der Waals surface area (Å²) >= 11 is 5.54. The number of hydroxylamine groups is 1. The van der Waals surface area contributed by atoms with Crippen LogP contribution in [0.3, 0.4) is 0 Å². The van der Waals surface area contributed by atoms with Crippen molar-refractivity contribution in [3.05, 3.63) is 29.0 Å². The number of carbonyl (C=O) groups is 2. The van der Waals surface area contributed by atoms with Crippen molar-refractivity contribution >= 4 is 29.1 Å². The Hall–Kier alpha value is -1.70. The quantitative estimate of drug-likeness (QED) is 0.652. The molecule has 2 rings (SSSR count). The van der Waals surface area contributed by atoms with Gasteiger partial charge in [-0.3, -0.25) is 14.4 Å². The van der Waals surface area contributed by atoms with Crippen LogP contribution >= 0.6 is 11.6 Å². The SMILES string of the molecule is CN1CCCC(ONC(=O)C(=O)Nc2ccc(Cl)c(F)c2)C1. The second-order valence-corrected chi connectivity index (χ2v) is 5.57. The van der Waals surface area contributed by atoms with E-state index in [4.69, 9.17) is 16.4 Å². The molecule has 0 bridgehead atoms. The molecule has 1 aromatic carbocycles. The van der Waals surface area contributed by atoms with Crippen molar-refractivity contribution in [3.63, 3.8) is 0 Å². The van der Waals surface area contributed by atoms with E-state index in [-0.39, 0.29) is 16.8 Å². The average molecular weight is 330 g/mol. The van der Waals surface area contributed by atoms with Gasteiger partial charge in [-0.2, -0.15) is 0 Å². The molecule has 2 N–H and O–H groups in total. The summed E-state index contributed by atoms with van der Waals surface area (Å²) in [6, 6.07) is 3.72. The Bertz CT molecular complexity index is 570. The van der Waals surface area contributed by atoms with E-state index in [0.29, 0.717) is 6.54 Å². The molecular formula is C14H17ClFN3O3. The summed E-state index contributed by atoms with van der Waals surface area (Å²) in [6.45, 7) is 1.67. The molecule has 2 amide bonds. The zero-order chi connectivity index (χ0) is 16.1. The first-order valence-electron chi connectivity index (χ1n) is 6.86. The maximum atomic E-state index is 13.2. The predicted molar refractivity (Wildman–Crippen MR) is 79.8 cm³/mol. The zero-order valence-corrected chi connectivity index (χ0v) is 12.8. The van der Waals surface area contributed by atoms with Crippen LogP contribution in [0.4, 0.5) is 10.1 Å². The second-order valence-electron chi connectivity index (χ2n) is 5.16. The van der Waals surface area contributed by atoms with Crippen LogP contribution < -0.4 is 10.8 Å². The molecule has 1 atom stereocenters. The summed E-state index contributed by atoms with van der Waals surface area (Å²) in [4.78, 5) is 30.6. The number of nitrogens with one attached hydrogen (secondary N) is 2. The topological polar surface area (TPSA) is 70.7 Å². The largest absolute Gasteiger partial charge is 0.333 e. The number of halogens is 2. The highest BCUT2D eigenvalue weighted by atomic mass is 35.5. The van der Waals surface area contributed by atoms with Gasteiger partial charge in [0.1, 0.15) is 5.82 Å². The summed E-state index contributed by atoms with van der Waals surface area (Å²) in [5.74, 6) is -2.56. The number of anilines is 1. The second kappa shape index (κ2) is 7.53. The van der Waals surface area contributed by atoms with E-state index in [2.05, 4.69) is 15.7 Å². The molecule has 1 aliphatic rings. The third kappa shape index (κ3) is 4.66. The number of hydrogen-bond acceptors (Lipinski definition) is 4. The van der Waals surface area contributed by atoms with Gasteiger partial charge in [0.2, 0.25) is 0 Å². The van der Waals surface area contributed by atoms with Crippen LogP contribution in [-0.2, 0) is 14.4 Å². The highest BCUT2D eigenvalue weighted by Gasteiger charge is 2.21. The van der Waals surface area contributed by atoms with Crippen molar-refractivity contribution in [2.75, 3.05) is 25.5 Å². The van der Waals surface area contributed by atoms with Crippen molar-refractivity contribution in [3.8, 4) is 0 Å². The molecule has 1 fully saturated rings. The Morgan fingerprint density at radius 2 is 2.18 bits per heavy atom. The number of amides is 2. The van der Waals surface area contributed by atoms with Gasteiger partial charge in [-0.25, -0.2) is 9.87 Å². The van der Waals surface area contributed by atoms with Crippen LogP contribution in [0.25, 0.3) is 0 Å². The molecule has 8 heteroatoms. The van der Waals surface area contributed by atoms with E-state index in [1.807, 2.05) is 7.05 Å². The van der Waals surface area contributed by atoms with E-state index in [0.717, 1.165) is 25.5 Å². The molecule has 0 aromatic heterocycles. The molecule has 1 saturated heterocycles. The Balaban J connectivity index is 1.81. The van der Waals surface area contributed by atoms with Gasteiger partial charge in [0, 0.05) is 12.2 Å². The first kappa shape index (κ1) is 16.7. The zero-order valence-electron chi connectivity index (χ0n) is 12.1. The Morgan fingerprint density at radius 1 is 1.41 bits per heavy atom. The Labute approximate surface area is 132 Å². The van der Waals surface area contributed by atoms with E-state index < -0.39 is 17.6 Å². The molecule has 0 radical (unpaired) electrons. The van der Waals surface area contributed by atoms with Gasteiger partial charge in [0.15, 0.2) is 0 Å². The lowest BCUT2D eigenvalue weighted by Crippen LogP contribution is -2.43.